The summed E-state index contributed by atoms with van der Waals surface area (Å²) in [7, 11) is -5.44. The summed E-state index contributed by atoms with van der Waals surface area (Å²) in [5.74, 6) is 0. The molecule has 0 heterocycles. The molecular formula is C21H50O2Si3. The molecule has 0 saturated carbocycles. The van der Waals surface area contributed by atoms with Gasteiger partial charge in [-0.15, -0.1) is 0 Å². The molecule has 0 aliphatic rings. The largest absolute Gasteiger partial charge is 0.437 e. The van der Waals surface area contributed by atoms with Gasteiger partial charge in [0.1, 0.15) is 0 Å². The van der Waals surface area contributed by atoms with E-state index in [1.807, 2.05) is 0 Å². The molecule has 0 saturated heterocycles. The number of hydrogen-bond acceptors (Lipinski definition) is 2. The van der Waals surface area contributed by atoms with E-state index in [1.165, 1.54) is 6.42 Å². The molecule has 0 spiro atoms. The second kappa shape index (κ2) is 10.9. The molecule has 0 aliphatic heterocycles. The summed E-state index contributed by atoms with van der Waals surface area (Å²) in [5, 5.41) is 0. The van der Waals surface area contributed by atoms with Gasteiger partial charge in [-0.3, -0.25) is 0 Å². The second-order valence-electron chi connectivity index (χ2n) is 10.1. The number of rotatable bonds is 12. The van der Waals surface area contributed by atoms with Crippen molar-refractivity contribution in [1.29, 1.82) is 0 Å². The van der Waals surface area contributed by atoms with Gasteiger partial charge in [-0.05, 0) is 39.3 Å². The van der Waals surface area contributed by atoms with Crippen LogP contribution in [0.1, 0.15) is 96.4 Å². The highest BCUT2D eigenvalue weighted by Gasteiger charge is 2.51. The van der Waals surface area contributed by atoms with Gasteiger partial charge in [0.25, 0.3) is 0 Å². The summed E-state index contributed by atoms with van der Waals surface area (Å²) in [6, 6.07) is 1.15. The Morgan fingerprint density at radius 1 is 0.538 bits per heavy atom. The van der Waals surface area contributed by atoms with E-state index in [9.17, 15) is 0 Å². The maximum Gasteiger partial charge on any atom is 0.300 e. The first-order valence-electron chi connectivity index (χ1n) is 11.2. The van der Waals surface area contributed by atoms with E-state index in [2.05, 4.69) is 90.0 Å². The van der Waals surface area contributed by atoms with Crippen LogP contribution in [-0.2, 0) is 8.23 Å². The van der Waals surface area contributed by atoms with Crippen LogP contribution in [-0.4, -0.2) is 25.9 Å². The Labute approximate surface area is 169 Å². The quantitative estimate of drug-likeness (QED) is 0.299. The molecule has 0 radical (unpaired) electrons. The highest BCUT2D eigenvalue weighted by molar-refractivity contribution is 6.86. The average molecular weight is 419 g/mol. The van der Waals surface area contributed by atoms with E-state index in [0.717, 1.165) is 6.04 Å². The fourth-order valence-corrected chi connectivity index (χ4v) is 25.9. The van der Waals surface area contributed by atoms with Crippen LogP contribution < -0.4 is 0 Å². The molecule has 0 aromatic heterocycles. The maximum atomic E-state index is 7.26. The van der Waals surface area contributed by atoms with Crippen molar-refractivity contribution in [3.63, 3.8) is 0 Å². The van der Waals surface area contributed by atoms with Crippen LogP contribution in [0.2, 0.25) is 39.3 Å². The van der Waals surface area contributed by atoms with Crippen LogP contribution in [0.25, 0.3) is 0 Å². The monoisotopic (exact) mass is 418 g/mol. The van der Waals surface area contributed by atoms with E-state index in [0.29, 0.717) is 33.2 Å². The molecular weight excluding hydrogens is 368 g/mol. The molecule has 0 rings (SSSR count). The normalized spacial score (nSPS) is 14.3. The molecule has 0 fully saturated rings. The first-order chi connectivity index (χ1) is 11.8. The Morgan fingerprint density at radius 3 is 0.923 bits per heavy atom. The predicted octanol–water partition coefficient (Wildman–Crippen LogP) is 8.00. The van der Waals surface area contributed by atoms with Crippen molar-refractivity contribution in [2.75, 3.05) is 0 Å². The zero-order chi connectivity index (χ0) is 20.9. The van der Waals surface area contributed by atoms with Crippen LogP contribution in [0, 0.1) is 0 Å². The Balaban J connectivity index is 5.97. The van der Waals surface area contributed by atoms with Crippen LogP contribution in [0.5, 0.6) is 0 Å². The topological polar surface area (TPSA) is 18.5 Å². The van der Waals surface area contributed by atoms with E-state index < -0.39 is 25.9 Å². The molecule has 158 valence electrons. The summed E-state index contributed by atoms with van der Waals surface area (Å²) in [6.07, 6.45) is 1.18. The van der Waals surface area contributed by atoms with E-state index in [-0.39, 0.29) is 0 Å². The summed E-state index contributed by atoms with van der Waals surface area (Å²) < 4.78 is 14.5. The molecule has 5 heteroatoms. The van der Waals surface area contributed by atoms with Gasteiger partial charge in [0.05, 0.1) is 0 Å². The molecule has 0 aromatic rings. The SMILES string of the molecule is CCC[SiH](O[Si](C(C)C)(C(C)C)C(C)C)O[Si](C(C)C)(C(C)C)C(C)C. The third-order valence-corrected chi connectivity index (χ3v) is 23.9. The summed E-state index contributed by atoms with van der Waals surface area (Å²) in [4.78, 5) is 0. The van der Waals surface area contributed by atoms with Gasteiger partial charge in [0, 0.05) is 0 Å². The highest BCUT2D eigenvalue weighted by Crippen LogP contribution is 2.46. The molecule has 0 aliphatic carbocycles. The minimum absolute atomic E-state index is 0.631. The third-order valence-electron chi connectivity index (χ3n) is 6.61. The van der Waals surface area contributed by atoms with Gasteiger partial charge in [-0.2, -0.15) is 0 Å². The molecule has 0 unspecified atom stereocenters. The summed E-state index contributed by atoms with van der Waals surface area (Å²) in [6.45, 7) is 31.0. The van der Waals surface area contributed by atoms with Crippen molar-refractivity contribution in [3.8, 4) is 0 Å². The van der Waals surface area contributed by atoms with Crippen molar-refractivity contribution in [2.45, 2.75) is 136 Å². The molecule has 26 heavy (non-hydrogen) atoms. The third kappa shape index (κ3) is 5.56. The van der Waals surface area contributed by atoms with Crippen molar-refractivity contribution >= 4 is 25.9 Å². The lowest BCUT2D eigenvalue weighted by molar-refractivity contribution is 0.363. The molecule has 0 atom stereocenters. The first-order valence-corrected chi connectivity index (χ1v) is 17.2. The van der Waals surface area contributed by atoms with E-state index in [4.69, 9.17) is 8.23 Å². The second-order valence-corrected chi connectivity index (χ2v) is 23.8. The molecule has 2 nitrogen and oxygen atoms in total. The predicted molar refractivity (Wildman–Crippen MR) is 127 cm³/mol. The van der Waals surface area contributed by atoms with Gasteiger partial charge < -0.3 is 8.23 Å². The van der Waals surface area contributed by atoms with Gasteiger partial charge in [-0.1, -0.05) is 96.4 Å². The Hall–Kier alpha value is 0.571. The zero-order valence-corrected chi connectivity index (χ0v) is 23.4. The zero-order valence-electron chi connectivity index (χ0n) is 20.3. The Kier molecular flexibility index (Phi) is 11.2. The van der Waals surface area contributed by atoms with Gasteiger partial charge in [0.15, 0.2) is 16.6 Å². The van der Waals surface area contributed by atoms with Crippen molar-refractivity contribution in [1.82, 2.24) is 0 Å². The van der Waals surface area contributed by atoms with Crippen LogP contribution in [0.4, 0.5) is 0 Å². The van der Waals surface area contributed by atoms with Gasteiger partial charge in [-0.25, -0.2) is 0 Å². The van der Waals surface area contributed by atoms with Gasteiger partial charge >= 0.3 is 9.28 Å². The van der Waals surface area contributed by atoms with Crippen molar-refractivity contribution < 1.29 is 8.23 Å². The van der Waals surface area contributed by atoms with Crippen molar-refractivity contribution in [2.24, 2.45) is 0 Å². The molecule has 0 amide bonds. The fourth-order valence-electron chi connectivity index (χ4n) is 5.65. The summed E-state index contributed by atoms with van der Waals surface area (Å²) >= 11 is 0. The van der Waals surface area contributed by atoms with Crippen LogP contribution in [0.15, 0.2) is 0 Å². The van der Waals surface area contributed by atoms with E-state index in [1.54, 1.807) is 0 Å². The average Bonchev–Trinajstić information content (AvgIpc) is 2.47. The molecule has 0 bridgehead atoms. The minimum Gasteiger partial charge on any atom is -0.437 e. The number of hydrogen-bond donors (Lipinski definition) is 0. The van der Waals surface area contributed by atoms with Crippen LogP contribution in [0.3, 0.4) is 0 Å². The summed E-state index contributed by atoms with van der Waals surface area (Å²) in [5.41, 5.74) is 3.78. The lowest BCUT2D eigenvalue weighted by atomic mass is 10.5. The first kappa shape index (κ1) is 26.6. The van der Waals surface area contributed by atoms with E-state index >= 15 is 0 Å². The highest BCUT2D eigenvalue weighted by atomic mass is 28.4. The van der Waals surface area contributed by atoms with Gasteiger partial charge in [0.2, 0.25) is 0 Å². The standard InChI is InChI=1S/C21H50O2Si3/c1-14-15-24(22-25(16(2)3,17(4)5)18(6)7)23-26(19(8)9,20(10)11)21(12)13/h16-21,24H,14-15H2,1-13H3. The fraction of sp³-hybridized carbons (Fsp3) is 1.00. The lowest BCUT2D eigenvalue weighted by Gasteiger charge is -2.49. The van der Waals surface area contributed by atoms with Crippen molar-refractivity contribution in [3.05, 3.63) is 0 Å². The Morgan fingerprint density at radius 2 is 0.769 bits per heavy atom. The molecule has 0 N–H and O–H groups in total. The van der Waals surface area contributed by atoms with Crippen LogP contribution >= 0.6 is 0 Å². The molecule has 0 aromatic carbocycles. The Bertz CT molecular complexity index is 315. The maximum absolute atomic E-state index is 7.26. The minimum atomic E-state index is -1.87. The lowest BCUT2D eigenvalue weighted by Crippen LogP contribution is -2.57. The smallest absolute Gasteiger partial charge is 0.300 e.